The van der Waals surface area contributed by atoms with Gasteiger partial charge < -0.3 is 15.2 Å². The number of amides is 1. The smallest absolute Gasteiger partial charge is 0.257 e. The first-order valence-electron chi connectivity index (χ1n) is 6.89. The number of hydrogen-bond acceptors (Lipinski definition) is 3. The topological polar surface area (TPSA) is 58.6 Å². The maximum absolute atomic E-state index is 11.8. The summed E-state index contributed by atoms with van der Waals surface area (Å²) in [6, 6.07) is 6.95. The molecule has 0 aromatic heterocycles. The van der Waals surface area contributed by atoms with Crippen molar-refractivity contribution >= 4 is 17.5 Å². The lowest BCUT2D eigenvalue weighted by molar-refractivity contribution is -0.123. The zero-order chi connectivity index (χ0) is 14.4. The number of ether oxygens (including phenoxy) is 1. The van der Waals surface area contributed by atoms with Gasteiger partial charge in [0.1, 0.15) is 5.75 Å². The number of nitrogens with one attached hydrogen (secondary N) is 1. The molecule has 20 heavy (non-hydrogen) atoms. The summed E-state index contributed by atoms with van der Waals surface area (Å²) in [6.07, 6.45) is 4.18. The van der Waals surface area contributed by atoms with Gasteiger partial charge in [0.25, 0.3) is 5.91 Å². The van der Waals surface area contributed by atoms with Crippen molar-refractivity contribution < 1.29 is 14.6 Å². The van der Waals surface area contributed by atoms with Gasteiger partial charge in [0.05, 0.1) is 6.61 Å². The molecule has 1 fully saturated rings. The van der Waals surface area contributed by atoms with Gasteiger partial charge in [-0.1, -0.05) is 30.5 Å². The van der Waals surface area contributed by atoms with Crippen molar-refractivity contribution in [3.05, 3.63) is 29.3 Å². The molecule has 0 atom stereocenters. The van der Waals surface area contributed by atoms with Crippen LogP contribution in [0.5, 0.6) is 5.75 Å². The van der Waals surface area contributed by atoms with Crippen LogP contribution in [-0.2, 0) is 4.79 Å². The van der Waals surface area contributed by atoms with E-state index in [0.29, 0.717) is 17.3 Å². The molecule has 2 rings (SSSR count). The molecule has 0 spiro atoms. The third-order valence-corrected chi connectivity index (χ3v) is 4.06. The summed E-state index contributed by atoms with van der Waals surface area (Å²) in [5.41, 5.74) is -0.133. The van der Waals surface area contributed by atoms with Crippen LogP contribution in [0.25, 0.3) is 0 Å². The first-order chi connectivity index (χ1) is 9.63. The quantitative estimate of drug-likeness (QED) is 0.847. The predicted molar refractivity (Wildman–Crippen MR) is 77.9 cm³/mol. The number of aliphatic hydroxyl groups excluding tert-OH is 1. The Bertz CT molecular complexity index is 458. The molecule has 1 aliphatic rings. The number of benzene rings is 1. The third kappa shape index (κ3) is 4.12. The second-order valence-electron chi connectivity index (χ2n) is 5.39. The molecule has 5 heteroatoms. The molecule has 0 radical (unpaired) electrons. The Morgan fingerprint density at radius 1 is 1.40 bits per heavy atom. The molecule has 0 aliphatic heterocycles. The van der Waals surface area contributed by atoms with Crippen LogP contribution in [0, 0.1) is 5.41 Å². The van der Waals surface area contributed by atoms with Crippen molar-refractivity contribution in [2.75, 3.05) is 19.8 Å². The fraction of sp³-hybridized carbons (Fsp3) is 0.533. The SMILES string of the molecule is O=C(COc1cccc(Cl)c1)NCC1(CO)CCCC1. The van der Waals surface area contributed by atoms with E-state index in [0.717, 1.165) is 25.7 Å². The number of carbonyl (C=O) groups excluding carboxylic acids is 1. The first-order valence-corrected chi connectivity index (χ1v) is 7.27. The molecule has 0 saturated heterocycles. The lowest BCUT2D eigenvalue weighted by Crippen LogP contribution is -2.40. The van der Waals surface area contributed by atoms with E-state index in [-0.39, 0.29) is 24.5 Å². The molecular formula is C15H20ClNO3. The van der Waals surface area contributed by atoms with Gasteiger partial charge in [0, 0.05) is 17.0 Å². The number of rotatable bonds is 6. The lowest BCUT2D eigenvalue weighted by Gasteiger charge is -2.26. The zero-order valence-electron chi connectivity index (χ0n) is 11.4. The van der Waals surface area contributed by atoms with Crippen LogP contribution in [0.1, 0.15) is 25.7 Å². The Morgan fingerprint density at radius 2 is 2.15 bits per heavy atom. The summed E-state index contributed by atoms with van der Waals surface area (Å²) in [6.45, 7) is 0.603. The van der Waals surface area contributed by atoms with E-state index in [4.69, 9.17) is 16.3 Å². The van der Waals surface area contributed by atoms with Crippen molar-refractivity contribution in [2.45, 2.75) is 25.7 Å². The van der Waals surface area contributed by atoms with Crippen LogP contribution in [0.3, 0.4) is 0 Å². The van der Waals surface area contributed by atoms with Gasteiger partial charge in [-0.15, -0.1) is 0 Å². The lowest BCUT2D eigenvalue weighted by atomic mass is 9.87. The number of aliphatic hydroxyl groups is 1. The van der Waals surface area contributed by atoms with Gasteiger partial charge >= 0.3 is 0 Å². The monoisotopic (exact) mass is 297 g/mol. The Hall–Kier alpha value is -1.26. The molecular weight excluding hydrogens is 278 g/mol. The van der Waals surface area contributed by atoms with Crippen molar-refractivity contribution in [3.8, 4) is 5.75 Å². The predicted octanol–water partition coefficient (Wildman–Crippen LogP) is 2.39. The van der Waals surface area contributed by atoms with E-state index in [1.807, 2.05) is 0 Å². The molecule has 2 N–H and O–H groups in total. The average molecular weight is 298 g/mol. The molecule has 0 bridgehead atoms. The van der Waals surface area contributed by atoms with E-state index in [1.54, 1.807) is 24.3 Å². The summed E-state index contributed by atoms with van der Waals surface area (Å²) in [7, 11) is 0. The molecule has 1 aromatic carbocycles. The largest absolute Gasteiger partial charge is 0.484 e. The number of carbonyl (C=O) groups is 1. The second-order valence-corrected chi connectivity index (χ2v) is 5.82. The highest BCUT2D eigenvalue weighted by Gasteiger charge is 2.33. The van der Waals surface area contributed by atoms with Crippen LogP contribution in [0.2, 0.25) is 5.02 Å². The van der Waals surface area contributed by atoms with Crippen molar-refractivity contribution in [3.63, 3.8) is 0 Å². The molecule has 0 heterocycles. The first kappa shape index (κ1) is 15.1. The molecule has 0 unspecified atom stereocenters. The van der Waals surface area contributed by atoms with E-state index in [9.17, 15) is 9.90 Å². The molecule has 1 saturated carbocycles. The standard InChI is InChI=1S/C15H20ClNO3/c16-12-4-3-5-13(8-12)20-9-14(19)17-10-15(11-18)6-1-2-7-15/h3-5,8,18H,1-2,6-7,9-11H2,(H,17,19). The third-order valence-electron chi connectivity index (χ3n) is 3.83. The fourth-order valence-corrected chi connectivity index (χ4v) is 2.74. The van der Waals surface area contributed by atoms with Crippen molar-refractivity contribution in [1.29, 1.82) is 0 Å². The van der Waals surface area contributed by atoms with Gasteiger partial charge in [-0.2, -0.15) is 0 Å². The highest BCUT2D eigenvalue weighted by Crippen LogP contribution is 2.36. The maximum atomic E-state index is 11.8. The van der Waals surface area contributed by atoms with E-state index in [2.05, 4.69) is 5.32 Å². The molecule has 1 aliphatic carbocycles. The van der Waals surface area contributed by atoms with E-state index < -0.39 is 0 Å². The highest BCUT2D eigenvalue weighted by atomic mass is 35.5. The molecule has 1 aromatic rings. The highest BCUT2D eigenvalue weighted by molar-refractivity contribution is 6.30. The van der Waals surface area contributed by atoms with Crippen LogP contribution >= 0.6 is 11.6 Å². The maximum Gasteiger partial charge on any atom is 0.257 e. The molecule has 1 amide bonds. The van der Waals surface area contributed by atoms with Gasteiger partial charge in [-0.3, -0.25) is 4.79 Å². The Kier molecular flexibility index (Phi) is 5.26. The fourth-order valence-electron chi connectivity index (χ4n) is 2.56. The van der Waals surface area contributed by atoms with Crippen molar-refractivity contribution in [2.24, 2.45) is 5.41 Å². The average Bonchev–Trinajstić information content (AvgIpc) is 2.92. The van der Waals surface area contributed by atoms with Gasteiger partial charge in [0.15, 0.2) is 6.61 Å². The minimum Gasteiger partial charge on any atom is -0.484 e. The van der Waals surface area contributed by atoms with E-state index >= 15 is 0 Å². The molecule has 4 nitrogen and oxygen atoms in total. The summed E-state index contributed by atoms with van der Waals surface area (Å²) >= 11 is 5.84. The number of hydrogen-bond donors (Lipinski definition) is 2. The van der Waals surface area contributed by atoms with Crippen LogP contribution in [0.4, 0.5) is 0 Å². The Morgan fingerprint density at radius 3 is 2.80 bits per heavy atom. The summed E-state index contributed by atoms with van der Waals surface area (Å²) in [5.74, 6) is 0.398. The molecule has 110 valence electrons. The van der Waals surface area contributed by atoms with Crippen molar-refractivity contribution in [1.82, 2.24) is 5.32 Å². The van der Waals surface area contributed by atoms with Crippen LogP contribution < -0.4 is 10.1 Å². The summed E-state index contributed by atoms with van der Waals surface area (Å²) in [4.78, 5) is 11.8. The van der Waals surface area contributed by atoms with Gasteiger partial charge in [-0.25, -0.2) is 0 Å². The normalized spacial score (nSPS) is 16.9. The minimum absolute atomic E-state index is 0.0398. The second kappa shape index (κ2) is 6.95. The summed E-state index contributed by atoms with van der Waals surface area (Å²) < 4.78 is 5.37. The minimum atomic E-state index is -0.176. The van der Waals surface area contributed by atoms with Gasteiger partial charge in [-0.05, 0) is 31.0 Å². The Balaban J connectivity index is 1.75. The summed E-state index contributed by atoms with van der Waals surface area (Å²) in [5, 5.41) is 12.9. The van der Waals surface area contributed by atoms with Crippen LogP contribution in [-0.4, -0.2) is 30.8 Å². The Labute approximate surface area is 124 Å². The zero-order valence-corrected chi connectivity index (χ0v) is 12.2. The van der Waals surface area contributed by atoms with Gasteiger partial charge in [0.2, 0.25) is 0 Å². The van der Waals surface area contributed by atoms with Crippen LogP contribution in [0.15, 0.2) is 24.3 Å². The van der Waals surface area contributed by atoms with E-state index in [1.165, 1.54) is 0 Å². The number of halogens is 1.